The van der Waals surface area contributed by atoms with Gasteiger partial charge >= 0.3 is 6.18 Å². The zero-order chi connectivity index (χ0) is 18.9. The normalized spacial score (nSPS) is 11.4. The topological polar surface area (TPSA) is 46.9 Å². The second-order valence-corrected chi connectivity index (χ2v) is 6.83. The first-order valence-corrected chi connectivity index (χ1v) is 8.70. The molecule has 0 saturated carbocycles. The molecule has 3 aromatic rings. The number of nitrogens with one attached hydrogen (secondary N) is 1. The predicted molar refractivity (Wildman–Crippen MR) is 101 cm³/mol. The summed E-state index contributed by atoms with van der Waals surface area (Å²) in [6.07, 6.45) is -3.88. The Morgan fingerprint density at radius 2 is 1.88 bits per heavy atom. The van der Waals surface area contributed by atoms with E-state index in [4.69, 9.17) is 11.6 Å². The van der Waals surface area contributed by atoms with Crippen LogP contribution in [0.2, 0.25) is 5.02 Å². The molecule has 0 fully saturated rings. The molecule has 1 amide bonds. The van der Waals surface area contributed by atoms with Gasteiger partial charge in [-0.2, -0.15) is 18.3 Å². The lowest BCUT2D eigenvalue weighted by molar-refractivity contribution is -0.143. The van der Waals surface area contributed by atoms with Crippen molar-refractivity contribution in [3.63, 3.8) is 0 Å². The van der Waals surface area contributed by atoms with Crippen LogP contribution in [0.15, 0.2) is 54.7 Å². The van der Waals surface area contributed by atoms with Crippen molar-refractivity contribution in [3.05, 3.63) is 74.6 Å². The minimum atomic E-state index is -4.78. The molecule has 0 saturated heterocycles. The molecule has 26 heavy (non-hydrogen) atoms. The highest BCUT2D eigenvalue weighted by atomic mass is 127. The Hall–Kier alpha value is -2.07. The third-order valence-electron chi connectivity index (χ3n) is 3.46. The summed E-state index contributed by atoms with van der Waals surface area (Å²) in [5.41, 5.74) is -1.21. The van der Waals surface area contributed by atoms with Gasteiger partial charge in [0.15, 0.2) is 5.69 Å². The molecule has 0 radical (unpaired) electrons. The molecule has 1 N–H and O–H groups in total. The van der Waals surface area contributed by atoms with Gasteiger partial charge in [-0.15, -0.1) is 0 Å². The van der Waals surface area contributed by atoms with E-state index < -0.39 is 23.3 Å². The quantitative estimate of drug-likeness (QED) is 0.499. The van der Waals surface area contributed by atoms with Gasteiger partial charge in [0.25, 0.3) is 5.91 Å². The fraction of sp³-hybridized carbons (Fsp3) is 0.0588. The lowest BCUT2D eigenvalue weighted by atomic mass is 10.2. The Bertz CT molecular complexity index is 972. The summed E-state index contributed by atoms with van der Waals surface area (Å²) in [5, 5.41) is 6.50. The third kappa shape index (κ3) is 3.85. The van der Waals surface area contributed by atoms with Gasteiger partial charge in [-0.1, -0.05) is 29.8 Å². The number of halogens is 5. The Balaban J connectivity index is 2.05. The lowest BCUT2D eigenvalue weighted by Gasteiger charge is -2.13. The van der Waals surface area contributed by atoms with Gasteiger partial charge in [-0.05, 0) is 52.9 Å². The number of aromatic nitrogens is 2. The number of carbonyl (C=O) groups is 1. The van der Waals surface area contributed by atoms with E-state index in [1.54, 1.807) is 24.3 Å². The van der Waals surface area contributed by atoms with Crippen molar-refractivity contribution in [2.75, 3.05) is 5.32 Å². The van der Waals surface area contributed by atoms with E-state index in [1.165, 1.54) is 24.3 Å². The molecule has 134 valence electrons. The maximum absolute atomic E-state index is 13.6. The van der Waals surface area contributed by atoms with E-state index in [0.29, 0.717) is 13.9 Å². The number of hydrogen-bond acceptors (Lipinski definition) is 2. The van der Waals surface area contributed by atoms with E-state index >= 15 is 0 Å². The first-order chi connectivity index (χ1) is 12.3. The Morgan fingerprint density at radius 3 is 2.54 bits per heavy atom. The zero-order valence-electron chi connectivity index (χ0n) is 12.9. The van der Waals surface area contributed by atoms with Crippen molar-refractivity contribution >= 4 is 45.8 Å². The number of para-hydroxylation sites is 1. The molecule has 0 spiro atoms. The maximum Gasteiger partial charge on any atom is 0.434 e. The van der Waals surface area contributed by atoms with Gasteiger partial charge in [-0.3, -0.25) is 4.79 Å². The molecule has 0 atom stereocenters. The number of nitrogens with zero attached hydrogens (tertiary/aromatic N) is 2. The average molecular weight is 492 g/mol. The van der Waals surface area contributed by atoms with Crippen LogP contribution in [0.3, 0.4) is 0 Å². The summed E-state index contributed by atoms with van der Waals surface area (Å²) >= 11 is 7.84. The lowest BCUT2D eigenvalue weighted by Crippen LogP contribution is -2.21. The Morgan fingerprint density at radius 1 is 1.15 bits per heavy atom. The van der Waals surface area contributed by atoms with Gasteiger partial charge < -0.3 is 5.32 Å². The molecule has 1 heterocycles. The van der Waals surface area contributed by atoms with Gasteiger partial charge in [0, 0.05) is 8.59 Å². The van der Waals surface area contributed by atoms with Crippen LogP contribution < -0.4 is 5.32 Å². The molecule has 0 bridgehead atoms. The Labute approximate surface area is 165 Å². The van der Waals surface area contributed by atoms with Gasteiger partial charge in [0.1, 0.15) is 0 Å². The van der Waals surface area contributed by atoms with Crippen LogP contribution >= 0.6 is 34.2 Å². The fourth-order valence-electron chi connectivity index (χ4n) is 2.34. The first-order valence-electron chi connectivity index (χ1n) is 7.24. The minimum absolute atomic E-state index is 0.109. The summed E-state index contributed by atoms with van der Waals surface area (Å²) in [7, 11) is 0. The number of amides is 1. The Kier molecular flexibility index (Phi) is 5.24. The number of alkyl halides is 3. The van der Waals surface area contributed by atoms with Crippen LogP contribution in [-0.2, 0) is 6.18 Å². The predicted octanol–water partition coefficient (Wildman–Crippen LogP) is 5.40. The van der Waals surface area contributed by atoms with Crippen molar-refractivity contribution in [2.24, 2.45) is 0 Å². The number of anilines is 1. The number of rotatable bonds is 3. The summed E-state index contributed by atoms with van der Waals surface area (Å²) < 4.78 is 42.3. The van der Waals surface area contributed by atoms with Crippen LogP contribution in [0.4, 0.5) is 18.9 Å². The minimum Gasteiger partial charge on any atom is -0.321 e. The highest BCUT2D eigenvalue weighted by molar-refractivity contribution is 14.1. The largest absolute Gasteiger partial charge is 0.434 e. The molecule has 4 nitrogen and oxygen atoms in total. The van der Waals surface area contributed by atoms with Crippen molar-refractivity contribution in [2.45, 2.75) is 6.18 Å². The van der Waals surface area contributed by atoms with Crippen LogP contribution in [0, 0.1) is 3.57 Å². The van der Waals surface area contributed by atoms with Crippen LogP contribution in [0.1, 0.15) is 16.1 Å². The molecule has 0 aliphatic carbocycles. The van der Waals surface area contributed by atoms with E-state index in [0.717, 1.165) is 6.20 Å². The second kappa shape index (κ2) is 7.28. The van der Waals surface area contributed by atoms with E-state index in [-0.39, 0.29) is 10.7 Å². The van der Waals surface area contributed by atoms with Gasteiger partial charge in [0.2, 0.25) is 0 Å². The van der Waals surface area contributed by atoms with Crippen LogP contribution in [0.25, 0.3) is 5.69 Å². The smallest absolute Gasteiger partial charge is 0.321 e. The molecular formula is C17H10ClF3IN3O. The molecule has 0 unspecified atom stereocenters. The number of carbonyl (C=O) groups excluding carboxylic acids is 1. The summed E-state index contributed by atoms with van der Waals surface area (Å²) in [6.45, 7) is 0. The van der Waals surface area contributed by atoms with Gasteiger partial charge in [0.05, 0.1) is 23.1 Å². The average Bonchev–Trinajstić information content (AvgIpc) is 3.02. The second-order valence-electron chi connectivity index (χ2n) is 5.23. The van der Waals surface area contributed by atoms with Crippen molar-refractivity contribution in [3.8, 4) is 5.69 Å². The van der Waals surface area contributed by atoms with Crippen LogP contribution in [-0.4, -0.2) is 15.7 Å². The summed E-state index contributed by atoms with van der Waals surface area (Å²) in [6, 6.07) is 12.6. The molecule has 0 aliphatic rings. The standard InChI is InChI=1S/C17H10ClF3IN3O/c18-10-4-3-5-11(8-10)25-15(17(19,20)21)12(9-23-25)16(26)24-14-7-2-1-6-13(14)22/h1-9H,(H,24,26). The fourth-order valence-corrected chi connectivity index (χ4v) is 3.05. The van der Waals surface area contributed by atoms with Crippen LogP contribution in [0.5, 0.6) is 0 Å². The molecule has 0 aliphatic heterocycles. The van der Waals surface area contributed by atoms with E-state index in [2.05, 4.69) is 10.4 Å². The first kappa shape index (κ1) is 18.7. The van der Waals surface area contributed by atoms with E-state index in [9.17, 15) is 18.0 Å². The van der Waals surface area contributed by atoms with Crippen molar-refractivity contribution in [1.29, 1.82) is 0 Å². The third-order valence-corrected chi connectivity index (χ3v) is 4.63. The zero-order valence-corrected chi connectivity index (χ0v) is 15.8. The van der Waals surface area contributed by atoms with Gasteiger partial charge in [-0.25, -0.2) is 4.68 Å². The molecular weight excluding hydrogens is 482 g/mol. The highest BCUT2D eigenvalue weighted by Crippen LogP contribution is 2.34. The molecule has 3 rings (SSSR count). The number of benzene rings is 2. The molecule has 2 aromatic carbocycles. The van der Waals surface area contributed by atoms with E-state index in [1.807, 2.05) is 22.6 Å². The monoisotopic (exact) mass is 491 g/mol. The summed E-state index contributed by atoms with van der Waals surface area (Å²) in [5.74, 6) is -0.894. The SMILES string of the molecule is O=C(Nc1ccccc1I)c1cnn(-c2cccc(Cl)c2)c1C(F)(F)F. The maximum atomic E-state index is 13.6. The van der Waals surface area contributed by atoms with Crippen molar-refractivity contribution < 1.29 is 18.0 Å². The highest BCUT2D eigenvalue weighted by Gasteiger charge is 2.40. The van der Waals surface area contributed by atoms with Crippen molar-refractivity contribution in [1.82, 2.24) is 9.78 Å². The molecule has 1 aromatic heterocycles. The number of hydrogen-bond donors (Lipinski definition) is 1. The molecule has 9 heteroatoms. The summed E-state index contributed by atoms with van der Waals surface area (Å²) in [4.78, 5) is 12.5.